The van der Waals surface area contributed by atoms with Crippen molar-refractivity contribution in [1.82, 2.24) is 15.5 Å². The molecule has 150 valence electrons. The first kappa shape index (κ1) is 23.2. The van der Waals surface area contributed by atoms with Gasteiger partial charge in [-0.25, -0.2) is 0 Å². The molecule has 1 fully saturated rings. The van der Waals surface area contributed by atoms with Crippen molar-refractivity contribution < 1.29 is 14.3 Å². The van der Waals surface area contributed by atoms with Crippen LogP contribution in [-0.4, -0.2) is 56.5 Å². The van der Waals surface area contributed by atoms with E-state index in [1.54, 1.807) is 13.1 Å². The fourth-order valence-corrected chi connectivity index (χ4v) is 3.09. The summed E-state index contributed by atoms with van der Waals surface area (Å²) in [6.45, 7) is 4.61. The van der Waals surface area contributed by atoms with E-state index in [9.17, 15) is 9.59 Å². The lowest BCUT2D eigenvalue weighted by Gasteiger charge is -2.33. The molecule has 2 N–H and O–H groups in total. The molecule has 2 rings (SSSR count). The van der Waals surface area contributed by atoms with Crippen LogP contribution in [0.1, 0.15) is 35.7 Å². The molecule has 0 aromatic heterocycles. The number of rotatable bonds is 5. The van der Waals surface area contributed by atoms with Crippen molar-refractivity contribution in [3.63, 3.8) is 0 Å². The van der Waals surface area contributed by atoms with Gasteiger partial charge in [0.05, 0.1) is 13.0 Å². The molecule has 8 heteroatoms. The number of piperidine rings is 1. The quantitative estimate of drug-likeness (QED) is 0.287. The summed E-state index contributed by atoms with van der Waals surface area (Å²) in [5, 5.41) is 6.15. The number of methoxy groups -OCH3 is 1. The van der Waals surface area contributed by atoms with Crippen LogP contribution in [0.25, 0.3) is 0 Å². The second-order valence-corrected chi connectivity index (χ2v) is 6.25. The normalized spacial score (nSPS) is 14.9. The molecule has 1 aliphatic rings. The molecule has 0 unspecified atom stereocenters. The molecule has 0 saturated carbocycles. The summed E-state index contributed by atoms with van der Waals surface area (Å²) >= 11 is 0. The van der Waals surface area contributed by atoms with Crippen LogP contribution in [0.5, 0.6) is 0 Å². The van der Waals surface area contributed by atoms with E-state index in [-0.39, 0.29) is 41.8 Å². The summed E-state index contributed by atoms with van der Waals surface area (Å²) in [5.74, 6) is 0.582. The fraction of sp³-hybridized carbons (Fsp3) is 0.526. The Balaban J connectivity index is 0.00000364. The van der Waals surface area contributed by atoms with Gasteiger partial charge in [0.2, 0.25) is 0 Å². The van der Waals surface area contributed by atoms with Crippen LogP contribution in [0.3, 0.4) is 0 Å². The van der Waals surface area contributed by atoms with E-state index in [0.29, 0.717) is 18.7 Å². The van der Waals surface area contributed by atoms with E-state index >= 15 is 0 Å². The zero-order valence-corrected chi connectivity index (χ0v) is 18.5. The smallest absolute Gasteiger partial charge is 0.308 e. The molecule has 1 heterocycles. The van der Waals surface area contributed by atoms with Crippen LogP contribution in [0, 0.1) is 5.92 Å². The third kappa shape index (κ3) is 6.67. The second kappa shape index (κ2) is 11.8. The molecule has 1 saturated heterocycles. The van der Waals surface area contributed by atoms with Crippen LogP contribution < -0.4 is 10.6 Å². The van der Waals surface area contributed by atoms with Gasteiger partial charge in [0.15, 0.2) is 5.96 Å². The predicted molar refractivity (Wildman–Crippen MR) is 116 cm³/mol. The molecule has 27 heavy (non-hydrogen) atoms. The van der Waals surface area contributed by atoms with E-state index in [4.69, 9.17) is 4.74 Å². The number of carbonyl (C=O) groups excluding carboxylic acids is 2. The molecule has 1 aromatic rings. The van der Waals surface area contributed by atoms with Gasteiger partial charge < -0.3 is 20.3 Å². The minimum Gasteiger partial charge on any atom is -0.469 e. The van der Waals surface area contributed by atoms with Gasteiger partial charge in [-0.2, -0.15) is 0 Å². The molecule has 0 radical (unpaired) electrons. The summed E-state index contributed by atoms with van der Waals surface area (Å²) in [6, 6.07) is 7.55. The van der Waals surface area contributed by atoms with E-state index in [1.165, 1.54) is 7.11 Å². The monoisotopic (exact) mass is 488 g/mol. The largest absolute Gasteiger partial charge is 0.469 e. The SMILES string of the molecule is CCNC(=O)c1cccc(CNC(=NC)N2CCC(C(=O)OC)CC2)c1.I. The lowest BCUT2D eigenvalue weighted by Crippen LogP contribution is -2.46. The molecule has 0 atom stereocenters. The number of hydrogen-bond donors (Lipinski definition) is 2. The summed E-state index contributed by atoms with van der Waals surface area (Å²) in [6.07, 6.45) is 1.53. The van der Waals surface area contributed by atoms with Crippen molar-refractivity contribution in [3.05, 3.63) is 35.4 Å². The third-order valence-corrected chi connectivity index (χ3v) is 4.52. The average Bonchev–Trinajstić information content (AvgIpc) is 2.68. The van der Waals surface area contributed by atoms with Crippen LogP contribution in [0.2, 0.25) is 0 Å². The van der Waals surface area contributed by atoms with Gasteiger partial charge in [-0.3, -0.25) is 14.6 Å². The van der Waals surface area contributed by atoms with Gasteiger partial charge in [0.25, 0.3) is 5.91 Å². The third-order valence-electron chi connectivity index (χ3n) is 4.52. The molecular formula is C19H29IN4O3. The Labute approximate surface area is 178 Å². The van der Waals surface area contributed by atoms with Gasteiger partial charge in [0, 0.05) is 38.8 Å². The maximum Gasteiger partial charge on any atom is 0.308 e. The summed E-state index contributed by atoms with van der Waals surface area (Å²) < 4.78 is 4.83. The van der Waals surface area contributed by atoms with Crippen LogP contribution in [0.4, 0.5) is 0 Å². The molecule has 1 aromatic carbocycles. The number of amides is 1. The molecule has 7 nitrogen and oxygen atoms in total. The maximum atomic E-state index is 11.9. The Morgan fingerprint density at radius 1 is 1.26 bits per heavy atom. The number of ether oxygens (including phenoxy) is 1. The first-order chi connectivity index (χ1) is 12.6. The molecule has 0 bridgehead atoms. The van der Waals surface area contributed by atoms with Crippen molar-refractivity contribution in [2.24, 2.45) is 10.9 Å². The van der Waals surface area contributed by atoms with Gasteiger partial charge >= 0.3 is 5.97 Å². The van der Waals surface area contributed by atoms with Gasteiger partial charge in [-0.1, -0.05) is 12.1 Å². The lowest BCUT2D eigenvalue weighted by molar-refractivity contribution is -0.146. The summed E-state index contributed by atoms with van der Waals surface area (Å²) in [5.41, 5.74) is 1.67. The van der Waals surface area contributed by atoms with E-state index in [1.807, 2.05) is 25.1 Å². The number of hydrogen-bond acceptors (Lipinski definition) is 4. The van der Waals surface area contributed by atoms with Crippen molar-refractivity contribution in [1.29, 1.82) is 0 Å². The number of carbonyl (C=O) groups is 2. The average molecular weight is 488 g/mol. The molecular weight excluding hydrogens is 459 g/mol. The first-order valence-corrected chi connectivity index (χ1v) is 8.99. The number of guanidine groups is 1. The Morgan fingerprint density at radius 2 is 1.96 bits per heavy atom. The lowest BCUT2D eigenvalue weighted by atomic mass is 9.97. The Kier molecular flexibility index (Phi) is 10.1. The molecule has 0 aliphatic carbocycles. The highest BCUT2D eigenvalue weighted by Gasteiger charge is 2.26. The van der Waals surface area contributed by atoms with E-state index in [0.717, 1.165) is 37.5 Å². The van der Waals surface area contributed by atoms with Gasteiger partial charge in [-0.05, 0) is 37.5 Å². The minimum atomic E-state index is -0.130. The highest BCUT2D eigenvalue weighted by atomic mass is 127. The van der Waals surface area contributed by atoms with Gasteiger partial charge in [0.1, 0.15) is 0 Å². The number of likely N-dealkylation sites (tertiary alicyclic amines) is 1. The second-order valence-electron chi connectivity index (χ2n) is 6.25. The van der Waals surface area contributed by atoms with Crippen LogP contribution in [0.15, 0.2) is 29.3 Å². The standard InChI is InChI=1S/C19H28N4O3.HI/c1-4-21-17(24)16-7-5-6-14(12-16)13-22-19(20-2)23-10-8-15(9-11-23)18(25)26-3;/h5-7,12,15H,4,8-11,13H2,1-3H3,(H,20,22)(H,21,24);1H. The van der Waals surface area contributed by atoms with Crippen molar-refractivity contribution in [3.8, 4) is 0 Å². The Bertz CT molecular complexity index is 658. The highest BCUT2D eigenvalue weighted by molar-refractivity contribution is 14.0. The number of halogens is 1. The van der Waals surface area contributed by atoms with Crippen LogP contribution >= 0.6 is 24.0 Å². The van der Waals surface area contributed by atoms with Gasteiger partial charge in [-0.15, -0.1) is 24.0 Å². The zero-order valence-electron chi connectivity index (χ0n) is 16.2. The van der Waals surface area contributed by atoms with Crippen molar-refractivity contribution in [2.75, 3.05) is 33.8 Å². The number of nitrogens with one attached hydrogen (secondary N) is 2. The Morgan fingerprint density at radius 3 is 2.56 bits per heavy atom. The Hall–Kier alpha value is -1.84. The molecule has 0 spiro atoms. The summed E-state index contributed by atoms with van der Waals surface area (Å²) in [7, 11) is 3.18. The first-order valence-electron chi connectivity index (χ1n) is 8.99. The predicted octanol–water partition coefficient (Wildman–Crippen LogP) is 2.01. The number of esters is 1. The van der Waals surface area contributed by atoms with E-state index < -0.39 is 0 Å². The highest BCUT2D eigenvalue weighted by Crippen LogP contribution is 2.18. The topological polar surface area (TPSA) is 83.0 Å². The van der Waals surface area contributed by atoms with Crippen LogP contribution in [-0.2, 0) is 16.1 Å². The van der Waals surface area contributed by atoms with E-state index in [2.05, 4.69) is 20.5 Å². The zero-order chi connectivity index (χ0) is 18.9. The molecule has 1 aliphatic heterocycles. The minimum absolute atomic E-state index is 0. The maximum absolute atomic E-state index is 11.9. The van der Waals surface area contributed by atoms with Crippen molar-refractivity contribution in [2.45, 2.75) is 26.3 Å². The fourth-order valence-electron chi connectivity index (χ4n) is 3.09. The number of aliphatic imine (C=N–C) groups is 1. The number of nitrogens with zero attached hydrogens (tertiary/aromatic N) is 2. The summed E-state index contributed by atoms with van der Waals surface area (Å²) in [4.78, 5) is 30.1. The van der Waals surface area contributed by atoms with Crippen molar-refractivity contribution >= 4 is 41.8 Å². The molecule has 1 amide bonds. The number of benzene rings is 1.